The zero-order valence-electron chi connectivity index (χ0n) is 20.3. The molecule has 35 heavy (non-hydrogen) atoms. The molecular formula is C24H35N5O5S. The molecule has 0 unspecified atom stereocenters. The largest absolute Gasteiger partial charge is 0.465 e. The number of ether oxygens (including phenoxy) is 1. The lowest BCUT2D eigenvalue weighted by Gasteiger charge is -2.27. The highest BCUT2D eigenvalue weighted by molar-refractivity contribution is 7.89. The fraction of sp³-hybridized carbons (Fsp3) is 0.458. The number of sulfonamides is 1. The molecule has 1 atom stereocenters. The first kappa shape index (κ1) is 28.1. The summed E-state index contributed by atoms with van der Waals surface area (Å²) >= 11 is 0. The maximum atomic E-state index is 13.4. The van der Waals surface area contributed by atoms with Crippen molar-refractivity contribution in [2.45, 2.75) is 50.5 Å². The summed E-state index contributed by atoms with van der Waals surface area (Å²) in [6.07, 6.45) is 1.96. The fourth-order valence-electron chi connectivity index (χ4n) is 3.53. The van der Waals surface area contributed by atoms with Crippen LogP contribution in [-0.2, 0) is 24.3 Å². The van der Waals surface area contributed by atoms with E-state index in [1.54, 1.807) is 19.1 Å². The molecule has 2 aromatic rings. The molecule has 0 fully saturated rings. The van der Waals surface area contributed by atoms with E-state index in [0.29, 0.717) is 19.4 Å². The Morgan fingerprint density at radius 2 is 1.80 bits per heavy atom. The van der Waals surface area contributed by atoms with E-state index < -0.39 is 27.9 Å². The van der Waals surface area contributed by atoms with Gasteiger partial charge in [-0.15, -0.1) is 0 Å². The van der Waals surface area contributed by atoms with Crippen LogP contribution in [0.5, 0.6) is 0 Å². The van der Waals surface area contributed by atoms with Crippen molar-refractivity contribution in [2.24, 2.45) is 16.5 Å². The van der Waals surface area contributed by atoms with Gasteiger partial charge in [0.05, 0.1) is 11.5 Å². The van der Waals surface area contributed by atoms with Gasteiger partial charge in [0, 0.05) is 13.1 Å². The molecule has 0 aromatic heterocycles. The molecule has 1 amide bonds. The number of rotatable bonds is 14. The minimum atomic E-state index is -4.04. The van der Waals surface area contributed by atoms with Gasteiger partial charge in [-0.1, -0.05) is 43.7 Å². The number of guanidine groups is 1. The van der Waals surface area contributed by atoms with Crippen LogP contribution in [0.3, 0.4) is 0 Å². The third kappa shape index (κ3) is 8.84. The van der Waals surface area contributed by atoms with Crippen molar-refractivity contribution in [1.29, 1.82) is 0 Å². The maximum absolute atomic E-state index is 13.4. The number of nitrogens with one attached hydrogen (secondary N) is 1. The first-order valence-electron chi connectivity index (χ1n) is 11.7. The minimum absolute atomic E-state index is 0.0451. The van der Waals surface area contributed by atoms with Gasteiger partial charge in [-0.3, -0.25) is 14.6 Å². The number of nitrogens with two attached hydrogens (primary N) is 2. The average Bonchev–Trinajstić information content (AvgIpc) is 2.82. The Hall–Kier alpha value is -3.18. The standard InChI is InChI=1S/C24H35N5O5S/c1-3-5-15-29(17-22(30)34-4-2)23(31)21(11-8-14-27-24(25)26)28-35(32,33)20-13-12-18-9-6-7-10-19(18)16-20/h6-7,9-10,12-13,16,21,28H,3-5,8,11,14-15,17H2,1-2H3,(H4,25,26,27)/t21-/m0/s1. The van der Waals surface area contributed by atoms with Crippen molar-refractivity contribution in [3.63, 3.8) is 0 Å². The van der Waals surface area contributed by atoms with Gasteiger partial charge in [0.1, 0.15) is 12.6 Å². The predicted molar refractivity (Wildman–Crippen MR) is 136 cm³/mol. The van der Waals surface area contributed by atoms with E-state index in [-0.39, 0.29) is 37.0 Å². The third-order valence-electron chi connectivity index (χ3n) is 5.29. The highest BCUT2D eigenvalue weighted by atomic mass is 32.2. The van der Waals surface area contributed by atoms with Crippen LogP contribution in [0.2, 0.25) is 0 Å². The van der Waals surface area contributed by atoms with Crippen LogP contribution in [0.1, 0.15) is 39.5 Å². The molecule has 0 aliphatic carbocycles. The van der Waals surface area contributed by atoms with Crippen LogP contribution >= 0.6 is 0 Å². The highest BCUT2D eigenvalue weighted by Gasteiger charge is 2.30. The van der Waals surface area contributed by atoms with Gasteiger partial charge in [-0.05, 0) is 49.1 Å². The molecule has 0 aliphatic heterocycles. The molecule has 5 N–H and O–H groups in total. The average molecular weight is 506 g/mol. The molecule has 0 radical (unpaired) electrons. The molecule has 192 valence electrons. The van der Waals surface area contributed by atoms with Crippen LogP contribution in [0, 0.1) is 0 Å². The number of carbonyl (C=O) groups is 2. The monoisotopic (exact) mass is 505 g/mol. The zero-order chi connectivity index (χ0) is 25.8. The summed E-state index contributed by atoms with van der Waals surface area (Å²) in [4.78, 5) is 30.9. The van der Waals surface area contributed by atoms with Gasteiger partial charge < -0.3 is 21.1 Å². The second-order valence-electron chi connectivity index (χ2n) is 8.05. The van der Waals surface area contributed by atoms with Crippen LogP contribution in [0.25, 0.3) is 10.8 Å². The summed E-state index contributed by atoms with van der Waals surface area (Å²) in [6, 6.07) is 11.1. The van der Waals surface area contributed by atoms with Crippen LogP contribution < -0.4 is 16.2 Å². The number of fused-ring (bicyclic) bond motifs is 1. The lowest BCUT2D eigenvalue weighted by Crippen LogP contribution is -2.50. The zero-order valence-corrected chi connectivity index (χ0v) is 21.1. The van der Waals surface area contributed by atoms with Crippen LogP contribution in [-0.4, -0.2) is 63.4 Å². The van der Waals surface area contributed by atoms with Gasteiger partial charge >= 0.3 is 5.97 Å². The molecule has 0 heterocycles. The maximum Gasteiger partial charge on any atom is 0.325 e. The number of amides is 1. The Bertz CT molecular complexity index is 1130. The van der Waals surface area contributed by atoms with E-state index in [0.717, 1.165) is 17.2 Å². The lowest BCUT2D eigenvalue weighted by atomic mass is 10.1. The van der Waals surface area contributed by atoms with Gasteiger partial charge in [0.25, 0.3) is 0 Å². The van der Waals surface area contributed by atoms with E-state index in [1.807, 2.05) is 31.2 Å². The molecule has 2 rings (SSSR count). The SMILES string of the molecule is CCCCN(CC(=O)OCC)C(=O)[C@H](CCCN=C(N)N)NS(=O)(=O)c1ccc2ccccc2c1. The Labute approximate surface area is 206 Å². The number of aliphatic imine (C=N–C) groups is 1. The molecule has 2 aromatic carbocycles. The third-order valence-corrected chi connectivity index (χ3v) is 6.76. The van der Waals surface area contributed by atoms with E-state index in [2.05, 4.69) is 9.71 Å². The van der Waals surface area contributed by atoms with Crippen LogP contribution in [0.15, 0.2) is 52.4 Å². The molecule has 11 heteroatoms. The second-order valence-corrected chi connectivity index (χ2v) is 9.76. The Balaban J connectivity index is 2.31. The first-order valence-corrected chi connectivity index (χ1v) is 13.2. The topological polar surface area (TPSA) is 157 Å². The summed E-state index contributed by atoms with van der Waals surface area (Å²) < 4.78 is 34.0. The fourth-order valence-corrected chi connectivity index (χ4v) is 4.78. The van der Waals surface area contributed by atoms with Crippen molar-refractivity contribution in [1.82, 2.24) is 9.62 Å². The number of esters is 1. The molecular weight excluding hydrogens is 470 g/mol. The first-order chi connectivity index (χ1) is 16.7. The Morgan fingerprint density at radius 1 is 1.09 bits per heavy atom. The van der Waals surface area contributed by atoms with E-state index in [1.165, 1.54) is 11.0 Å². The molecule has 0 aliphatic rings. The van der Waals surface area contributed by atoms with Gasteiger partial charge in [0.15, 0.2) is 5.96 Å². The predicted octanol–water partition coefficient (Wildman–Crippen LogP) is 1.73. The van der Waals surface area contributed by atoms with Crippen molar-refractivity contribution in [2.75, 3.05) is 26.2 Å². The summed E-state index contributed by atoms with van der Waals surface area (Å²) in [7, 11) is -4.04. The highest BCUT2D eigenvalue weighted by Crippen LogP contribution is 2.20. The summed E-state index contributed by atoms with van der Waals surface area (Å²) in [5.74, 6) is -1.13. The van der Waals surface area contributed by atoms with Crippen molar-refractivity contribution >= 4 is 38.6 Å². The Morgan fingerprint density at radius 3 is 2.46 bits per heavy atom. The second kappa shape index (κ2) is 13.6. The minimum Gasteiger partial charge on any atom is -0.465 e. The number of nitrogens with zero attached hydrogens (tertiary/aromatic N) is 2. The van der Waals surface area contributed by atoms with E-state index in [9.17, 15) is 18.0 Å². The summed E-state index contributed by atoms with van der Waals surface area (Å²) in [5, 5.41) is 1.66. The van der Waals surface area contributed by atoms with E-state index >= 15 is 0 Å². The van der Waals surface area contributed by atoms with Crippen molar-refractivity contribution < 1.29 is 22.7 Å². The number of hydrogen-bond donors (Lipinski definition) is 3. The quantitative estimate of drug-likeness (QED) is 0.153. The molecule has 0 saturated heterocycles. The number of unbranched alkanes of at least 4 members (excludes halogenated alkanes) is 1. The molecule has 0 bridgehead atoms. The van der Waals surface area contributed by atoms with Gasteiger partial charge in [-0.25, -0.2) is 8.42 Å². The number of carbonyl (C=O) groups excluding carboxylic acids is 2. The Kier molecular flexibility index (Phi) is 10.9. The summed E-state index contributed by atoms with van der Waals surface area (Å²) in [6.45, 7) is 4.11. The summed E-state index contributed by atoms with van der Waals surface area (Å²) in [5.41, 5.74) is 10.7. The van der Waals surface area contributed by atoms with Crippen LogP contribution in [0.4, 0.5) is 0 Å². The number of benzene rings is 2. The normalized spacial score (nSPS) is 12.2. The van der Waals surface area contributed by atoms with Gasteiger partial charge in [0.2, 0.25) is 15.9 Å². The van der Waals surface area contributed by atoms with Crippen molar-refractivity contribution in [3.05, 3.63) is 42.5 Å². The molecule has 10 nitrogen and oxygen atoms in total. The smallest absolute Gasteiger partial charge is 0.325 e. The lowest BCUT2D eigenvalue weighted by molar-refractivity contribution is -0.149. The number of hydrogen-bond acceptors (Lipinski definition) is 6. The van der Waals surface area contributed by atoms with Gasteiger partial charge in [-0.2, -0.15) is 4.72 Å². The van der Waals surface area contributed by atoms with Crippen molar-refractivity contribution in [3.8, 4) is 0 Å². The van der Waals surface area contributed by atoms with E-state index in [4.69, 9.17) is 16.2 Å². The molecule has 0 spiro atoms. The molecule has 0 saturated carbocycles.